The van der Waals surface area contributed by atoms with Crippen LogP contribution in [0.4, 0.5) is 4.39 Å². The van der Waals surface area contributed by atoms with Crippen molar-refractivity contribution in [2.24, 2.45) is 0 Å². The van der Waals surface area contributed by atoms with Gasteiger partial charge in [-0.05, 0) is 37.1 Å². The second kappa shape index (κ2) is 6.66. The van der Waals surface area contributed by atoms with Gasteiger partial charge in [-0.1, -0.05) is 23.9 Å². The second-order valence-corrected chi connectivity index (χ2v) is 7.10. The van der Waals surface area contributed by atoms with Crippen LogP contribution < -0.4 is 0 Å². The Morgan fingerprint density at radius 3 is 2.74 bits per heavy atom. The summed E-state index contributed by atoms with van der Waals surface area (Å²) in [6.45, 7) is 0. The van der Waals surface area contributed by atoms with E-state index in [9.17, 15) is 4.39 Å². The molecular formula is C18H14FN5O2S. The highest BCUT2D eigenvalue weighted by Crippen LogP contribution is 2.41. The lowest BCUT2D eigenvalue weighted by atomic mass is 10.2. The number of benzene rings is 1. The number of halogens is 1. The van der Waals surface area contributed by atoms with E-state index in [-0.39, 0.29) is 5.82 Å². The van der Waals surface area contributed by atoms with Gasteiger partial charge in [0.25, 0.3) is 5.89 Å². The summed E-state index contributed by atoms with van der Waals surface area (Å²) < 4.78 is 27.1. The van der Waals surface area contributed by atoms with E-state index < -0.39 is 0 Å². The Balaban J connectivity index is 1.39. The third kappa shape index (κ3) is 3.14. The number of nitrogens with zero attached hydrogens (tertiary/aromatic N) is 5. The molecule has 4 aromatic rings. The van der Waals surface area contributed by atoms with Crippen LogP contribution in [0.25, 0.3) is 23.0 Å². The lowest BCUT2D eigenvalue weighted by Gasteiger charge is -2.08. The molecule has 3 heterocycles. The van der Waals surface area contributed by atoms with E-state index in [1.165, 1.54) is 17.8 Å². The first-order valence-corrected chi connectivity index (χ1v) is 9.47. The minimum absolute atomic E-state index is 0.302. The number of rotatable bonds is 6. The third-order valence-electron chi connectivity index (χ3n) is 4.21. The predicted octanol–water partition coefficient (Wildman–Crippen LogP) is 4.35. The highest BCUT2D eigenvalue weighted by atomic mass is 32.2. The van der Waals surface area contributed by atoms with E-state index >= 15 is 0 Å². The summed E-state index contributed by atoms with van der Waals surface area (Å²) in [5, 5.41) is 17.3. The summed E-state index contributed by atoms with van der Waals surface area (Å²) in [4.78, 5) is 0. The van der Waals surface area contributed by atoms with Crippen LogP contribution in [-0.4, -0.2) is 25.0 Å². The second-order valence-electron chi connectivity index (χ2n) is 6.15. The highest BCUT2D eigenvalue weighted by molar-refractivity contribution is 7.98. The van der Waals surface area contributed by atoms with Crippen molar-refractivity contribution >= 4 is 11.8 Å². The van der Waals surface area contributed by atoms with E-state index in [0.29, 0.717) is 45.9 Å². The van der Waals surface area contributed by atoms with Gasteiger partial charge in [-0.25, -0.2) is 4.39 Å². The SMILES string of the molecule is Fc1ccccc1-c1nnc(SCc2nnc(-c3ccco3)o2)n1C1CC1. The lowest BCUT2D eigenvalue weighted by Crippen LogP contribution is -2.01. The molecular weight excluding hydrogens is 369 g/mol. The zero-order chi connectivity index (χ0) is 18.2. The van der Waals surface area contributed by atoms with Gasteiger partial charge < -0.3 is 8.83 Å². The first-order valence-electron chi connectivity index (χ1n) is 8.48. The monoisotopic (exact) mass is 383 g/mol. The fourth-order valence-electron chi connectivity index (χ4n) is 2.80. The fraction of sp³-hybridized carbons (Fsp3) is 0.222. The van der Waals surface area contributed by atoms with Gasteiger partial charge in [0.1, 0.15) is 5.82 Å². The van der Waals surface area contributed by atoms with Crippen molar-refractivity contribution in [2.45, 2.75) is 29.8 Å². The van der Waals surface area contributed by atoms with Gasteiger partial charge in [0.05, 0.1) is 17.6 Å². The molecule has 1 fully saturated rings. The Bertz CT molecular complexity index is 1070. The summed E-state index contributed by atoms with van der Waals surface area (Å²) in [5.41, 5.74) is 0.460. The molecule has 136 valence electrons. The Hall–Kier alpha value is -2.94. The fourth-order valence-corrected chi connectivity index (χ4v) is 3.64. The molecule has 0 aliphatic heterocycles. The van der Waals surface area contributed by atoms with Crippen molar-refractivity contribution in [3.63, 3.8) is 0 Å². The lowest BCUT2D eigenvalue weighted by molar-refractivity contribution is 0.494. The molecule has 9 heteroatoms. The van der Waals surface area contributed by atoms with Crippen molar-refractivity contribution < 1.29 is 13.2 Å². The van der Waals surface area contributed by atoms with Gasteiger partial charge in [-0.3, -0.25) is 4.57 Å². The molecule has 7 nitrogen and oxygen atoms in total. The standard InChI is InChI=1S/C18H14FN5O2S/c19-13-5-2-1-4-12(13)16-21-23-18(24(16)11-7-8-11)27-10-15-20-22-17(26-15)14-6-3-9-25-14/h1-6,9,11H,7-8,10H2. The average molecular weight is 383 g/mol. The molecule has 5 rings (SSSR count). The van der Waals surface area contributed by atoms with Gasteiger partial charge in [-0.15, -0.1) is 20.4 Å². The number of hydrogen-bond donors (Lipinski definition) is 0. The normalized spacial score (nSPS) is 14.0. The summed E-state index contributed by atoms with van der Waals surface area (Å²) in [6.07, 6.45) is 3.63. The summed E-state index contributed by atoms with van der Waals surface area (Å²) in [7, 11) is 0. The average Bonchev–Trinajstić information content (AvgIpc) is 3.10. The minimum atomic E-state index is -0.302. The molecule has 0 unspecified atom stereocenters. The number of furan rings is 1. The van der Waals surface area contributed by atoms with Crippen LogP contribution in [0.2, 0.25) is 0 Å². The van der Waals surface area contributed by atoms with Crippen LogP contribution in [0.1, 0.15) is 24.8 Å². The maximum atomic E-state index is 14.2. The van der Waals surface area contributed by atoms with Gasteiger partial charge >= 0.3 is 0 Å². The molecule has 0 radical (unpaired) electrons. The Kier molecular flexibility index (Phi) is 4.01. The predicted molar refractivity (Wildman–Crippen MR) is 95.2 cm³/mol. The molecule has 0 bridgehead atoms. The summed E-state index contributed by atoms with van der Waals surface area (Å²) >= 11 is 1.44. The maximum Gasteiger partial charge on any atom is 0.283 e. The largest absolute Gasteiger partial charge is 0.459 e. The molecule has 1 aliphatic carbocycles. The van der Waals surface area contributed by atoms with Crippen molar-refractivity contribution in [3.8, 4) is 23.0 Å². The Morgan fingerprint density at radius 2 is 1.96 bits per heavy atom. The van der Waals surface area contributed by atoms with Gasteiger partial charge in [0.15, 0.2) is 16.7 Å². The molecule has 3 aromatic heterocycles. The molecule has 0 atom stereocenters. The highest BCUT2D eigenvalue weighted by Gasteiger charge is 2.31. The van der Waals surface area contributed by atoms with Crippen LogP contribution in [0, 0.1) is 5.82 Å². The van der Waals surface area contributed by atoms with Crippen molar-refractivity contribution in [2.75, 3.05) is 0 Å². The number of hydrogen-bond acceptors (Lipinski definition) is 7. The molecule has 1 aliphatic rings. The Labute approximate surface area is 157 Å². The molecule has 0 N–H and O–H groups in total. The molecule has 27 heavy (non-hydrogen) atoms. The van der Waals surface area contributed by atoms with Gasteiger partial charge in [0.2, 0.25) is 5.89 Å². The first-order chi connectivity index (χ1) is 13.3. The van der Waals surface area contributed by atoms with Crippen LogP contribution >= 0.6 is 11.8 Å². The van der Waals surface area contributed by atoms with Crippen LogP contribution in [0.5, 0.6) is 0 Å². The maximum absolute atomic E-state index is 14.2. The molecule has 0 saturated heterocycles. The quantitative estimate of drug-likeness (QED) is 0.458. The van der Waals surface area contributed by atoms with Crippen LogP contribution in [0.15, 0.2) is 56.7 Å². The number of aromatic nitrogens is 5. The van der Waals surface area contributed by atoms with Crippen LogP contribution in [-0.2, 0) is 5.75 Å². The Morgan fingerprint density at radius 1 is 1.07 bits per heavy atom. The molecule has 1 aromatic carbocycles. The number of thioether (sulfide) groups is 1. The smallest absolute Gasteiger partial charge is 0.283 e. The van der Waals surface area contributed by atoms with Crippen molar-refractivity contribution in [1.82, 2.24) is 25.0 Å². The van der Waals surface area contributed by atoms with Gasteiger partial charge in [-0.2, -0.15) is 0 Å². The summed E-state index contributed by atoms with van der Waals surface area (Å²) in [6, 6.07) is 10.4. The zero-order valence-electron chi connectivity index (χ0n) is 14.1. The zero-order valence-corrected chi connectivity index (χ0v) is 14.9. The molecule has 0 amide bonds. The van der Waals surface area contributed by atoms with Crippen molar-refractivity contribution in [1.29, 1.82) is 0 Å². The molecule has 0 spiro atoms. The van der Waals surface area contributed by atoms with Gasteiger partial charge in [0, 0.05) is 6.04 Å². The first kappa shape index (κ1) is 16.2. The topological polar surface area (TPSA) is 82.8 Å². The van der Waals surface area contributed by atoms with E-state index in [1.54, 1.807) is 36.6 Å². The molecule has 1 saturated carbocycles. The van der Waals surface area contributed by atoms with Crippen LogP contribution in [0.3, 0.4) is 0 Å². The minimum Gasteiger partial charge on any atom is -0.459 e. The third-order valence-corrected chi connectivity index (χ3v) is 5.14. The van der Waals surface area contributed by atoms with E-state index in [0.717, 1.165) is 12.8 Å². The summed E-state index contributed by atoms with van der Waals surface area (Å²) in [5.74, 6) is 2.02. The van der Waals surface area contributed by atoms with E-state index in [4.69, 9.17) is 8.83 Å². The van der Waals surface area contributed by atoms with Crippen molar-refractivity contribution in [3.05, 3.63) is 54.4 Å². The van der Waals surface area contributed by atoms with E-state index in [2.05, 4.69) is 20.4 Å². The van der Waals surface area contributed by atoms with E-state index in [1.807, 2.05) is 4.57 Å².